The Labute approximate surface area is 425 Å². The predicted molar refractivity (Wildman–Crippen MR) is 291 cm³/mol. The molecule has 2 aliphatic carbocycles. The third-order valence-corrected chi connectivity index (χ3v) is 27.2. The van der Waals surface area contributed by atoms with Crippen LogP contribution in [0, 0.1) is 63.6 Å². The van der Waals surface area contributed by atoms with Crippen LogP contribution in [0.4, 0.5) is 0 Å². The van der Waals surface area contributed by atoms with Crippen LogP contribution in [0.25, 0.3) is 0 Å². The number of rotatable bonds is 9. The fraction of sp³-hybridized carbons (Fsp3) is 0.345. The van der Waals surface area contributed by atoms with Crippen molar-refractivity contribution in [3.05, 3.63) is 204 Å². The van der Waals surface area contributed by atoms with Gasteiger partial charge in [-0.1, -0.05) is 227 Å². The molecular weight excluding hydrogens is 877 g/mol. The van der Waals surface area contributed by atoms with Crippen LogP contribution >= 0.6 is 0 Å². The van der Waals surface area contributed by atoms with Gasteiger partial charge in [0, 0.05) is 0 Å². The van der Waals surface area contributed by atoms with E-state index >= 15 is 0 Å². The van der Waals surface area contributed by atoms with Gasteiger partial charge in [0.1, 0.15) is 16.1 Å². The fourth-order valence-electron chi connectivity index (χ4n) is 9.43. The quantitative estimate of drug-likeness (QED) is 0.116. The van der Waals surface area contributed by atoms with Crippen LogP contribution in [0.3, 0.4) is 0 Å². The summed E-state index contributed by atoms with van der Waals surface area (Å²) in [5.74, 6) is 0. The minimum Gasteiger partial charge on any atom is -0.358 e. The first-order valence-corrected chi connectivity index (χ1v) is 29.2. The Hall–Kier alpha value is -2.08. The van der Waals surface area contributed by atoms with Crippen LogP contribution in [0.15, 0.2) is 131 Å². The summed E-state index contributed by atoms with van der Waals surface area (Å²) in [4.78, 5) is 0. The molecule has 4 aromatic rings. The van der Waals surface area contributed by atoms with E-state index in [2.05, 4.69) is 218 Å². The van der Waals surface area contributed by atoms with Gasteiger partial charge in [0.2, 0.25) is 0 Å². The van der Waals surface area contributed by atoms with Crippen LogP contribution in [0.5, 0.6) is 0 Å². The van der Waals surface area contributed by atoms with E-state index in [0.717, 1.165) is 12.8 Å². The molecule has 0 nitrogen and oxygen atoms in total. The van der Waals surface area contributed by atoms with Gasteiger partial charge in [0.25, 0.3) is 0 Å². The summed E-state index contributed by atoms with van der Waals surface area (Å²) in [5, 5.41) is 7.59. The molecule has 0 radical (unpaired) electrons. The molecule has 0 N–H and O–H groups in total. The molecule has 4 aromatic carbocycles. The topological polar surface area (TPSA) is 0 Å². The number of allylic oxidation sites excluding steroid dienone is 8. The third-order valence-electron chi connectivity index (χ3n) is 14.3. The first-order chi connectivity index (χ1) is 25.7. The first kappa shape index (κ1) is 67.5. The summed E-state index contributed by atoms with van der Waals surface area (Å²) in [6, 6.07) is 37.3. The van der Waals surface area contributed by atoms with Crippen molar-refractivity contribution < 1.29 is 43.4 Å². The van der Waals surface area contributed by atoms with Gasteiger partial charge < -0.3 is 44.6 Å². The molecule has 0 aromatic heterocycles. The molecule has 0 saturated heterocycles. The fourth-order valence-corrected chi connectivity index (χ4v) is 20.2. The average Bonchev–Trinajstić information content (AvgIpc) is 3.51. The maximum absolute atomic E-state index is 3.96. The Balaban J connectivity index is -0.000000490. The van der Waals surface area contributed by atoms with Crippen molar-refractivity contribution in [2.75, 3.05) is 0 Å². The van der Waals surface area contributed by atoms with E-state index < -0.39 is 24.2 Å². The Morgan fingerprint density at radius 2 is 0.746 bits per heavy atom. The average molecular weight is 963 g/mol. The molecule has 0 saturated carbocycles. The zero-order chi connectivity index (χ0) is 40.7. The molecule has 0 aliphatic heterocycles. The van der Waals surface area contributed by atoms with Crippen molar-refractivity contribution in [3.63, 3.8) is 0 Å². The summed E-state index contributed by atoms with van der Waals surface area (Å²) >= 11 is 0. The molecule has 2 aliphatic rings. The summed E-state index contributed by atoms with van der Waals surface area (Å²) in [6.45, 7) is 37.8. The Bertz CT molecular complexity index is 2170. The second-order valence-corrected chi connectivity index (χ2v) is 32.2. The number of hydrogen-bond donors (Lipinski definition) is 0. The van der Waals surface area contributed by atoms with Gasteiger partial charge in [-0.3, -0.25) is 12.2 Å². The van der Waals surface area contributed by atoms with Gasteiger partial charge in [-0.05, 0) is 30.9 Å². The second-order valence-electron chi connectivity index (χ2n) is 18.3. The molecule has 4 atom stereocenters. The van der Waals surface area contributed by atoms with Crippen LogP contribution in [0.2, 0.25) is 42.8 Å². The van der Waals surface area contributed by atoms with Gasteiger partial charge >= 0.3 is 43.4 Å². The normalized spacial score (nSPS) is 19.3. The molecule has 63 heavy (non-hydrogen) atoms. The van der Waals surface area contributed by atoms with Crippen LogP contribution in [0.1, 0.15) is 85.9 Å². The van der Waals surface area contributed by atoms with Gasteiger partial charge in [-0.2, -0.15) is 22.3 Å². The smallest absolute Gasteiger partial charge is 0.358 e. The van der Waals surface area contributed by atoms with Gasteiger partial charge in [-0.15, -0.1) is 13.8 Å². The van der Waals surface area contributed by atoms with Gasteiger partial charge in [0.05, 0.1) is 8.07 Å². The Morgan fingerprint density at radius 1 is 0.429 bits per heavy atom. The number of benzene rings is 4. The van der Waals surface area contributed by atoms with E-state index in [0.29, 0.717) is 0 Å². The van der Waals surface area contributed by atoms with E-state index in [1.165, 1.54) is 60.5 Å². The maximum atomic E-state index is 3.96. The standard InChI is InChI=1S/C26H35Si2.C26H33Si.6CH3.2Ti/c1-19-15-24(27(6,7)8)17-25(16-19)28(9,23-13-11-10-12-14-23)26(5)18-20(2)21(3)22(26)4;1-8-22-15-23(9-2)17-25(16-22)27(7,24-13-11-10-12-14-24)26(6)18-19(3)20(4)21(26)5;;;;;;;;/h10-17H,1-9H3;10-17H,8-9H2,1-7H3;6*1H3;;/q8*-1;2*+4. The monoisotopic (exact) mass is 962 g/mol. The molecule has 6 rings (SSSR count). The molecule has 4 unspecified atom stereocenters. The predicted octanol–water partition coefficient (Wildman–Crippen LogP) is 14.2. The van der Waals surface area contributed by atoms with E-state index in [-0.39, 0.29) is 98.1 Å². The van der Waals surface area contributed by atoms with Crippen molar-refractivity contribution in [3.8, 4) is 0 Å². The summed E-state index contributed by atoms with van der Waals surface area (Å²) in [5.41, 5.74) is 12.8. The van der Waals surface area contributed by atoms with E-state index in [4.69, 9.17) is 0 Å². The largest absolute Gasteiger partial charge is 4.00 e. The molecule has 0 heterocycles. The van der Waals surface area contributed by atoms with Crippen molar-refractivity contribution in [1.29, 1.82) is 0 Å². The molecule has 0 fully saturated rings. The van der Waals surface area contributed by atoms with Gasteiger partial charge in [0.15, 0.2) is 0 Å². The zero-order valence-electron chi connectivity index (χ0n) is 44.2. The molecule has 338 valence electrons. The van der Waals surface area contributed by atoms with Crippen LogP contribution < -0.4 is 25.9 Å². The maximum Gasteiger partial charge on any atom is 4.00 e. The van der Waals surface area contributed by atoms with Crippen molar-refractivity contribution in [2.24, 2.45) is 0 Å². The molecule has 5 heteroatoms. The van der Waals surface area contributed by atoms with Crippen molar-refractivity contribution >= 4 is 50.2 Å². The third kappa shape index (κ3) is 12.3. The zero-order valence-corrected chi connectivity index (χ0v) is 50.3. The number of aryl methyl sites for hydroxylation is 3. The van der Waals surface area contributed by atoms with Crippen LogP contribution in [-0.4, -0.2) is 24.2 Å². The molecule has 0 bridgehead atoms. The Morgan fingerprint density at radius 3 is 1.03 bits per heavy atom. The Kier molecular flexibility index (Phi) is 27.6. The summed E-state index contributed by atoms with van der Waals surface area (Å²) in [7, 11) is -5.67. The van der Waals surface area contributed by atoms with E-state index in [1.54, 1.807) is 15.6 Å². The van der Waals surface area contributed by atoms with E-state index in [9.17, 15) is 0 Å². The molecule has 0 spiro atoms. The SMILES string of the molecule is CC1=[C-]C(C)([Si](C)(c2ccccc2)c2cc(C)cc([Si](C)(C)C)c2)C(C)=C1C.CCc1cc(CC)cc([Si](C)(c2ccccc2)C2(C)[C-]=C(C)C(C)=C2C)c1.[CH3-].[CH3-].[CH3-].[CH3-].[CH3-].[CH3-].[Ti+4].[Ti+4]. The first-order valence-electron chi connectivity index (χ1n) is 20.7. The number of hydrogen-bond acceptors (Lipinski definition) is 0. The molecule has 0 amide bonds. The second kappa shape index (κ2) is 25.7. The van der Waals surface area contributed by atoms with E-state index in [1.807, 2.05) is 0 Å². The minimum atomic E-state index is -2.15. The summed E-state index contributed by atoms with van der Waals surface area (Å²) < 4.78 is 0. The van der Waals surface area contributed by atoms with Crippen molar-refractivity contribution in [1.82, 2.24) is 0 Å². The van der Waals surface area contributed by atoms with Crippen LogP contribution in [-0.2, 0) is 56.3 Å². The van der Waals surface area contributed by atoms with Crippen molar-refractivity contribution in [2.45, 2.75) is 132 Å². The van der Waals surface area contributed by atoms with Gasteiger partial charge in [-0.25, -0.2) is 11.1 Å². The molecular formula is C58H86Si3Ti2. The summed E-state index contributed by atoms with van der Waals surface area (Å²) in [6.07, 6.45) is 10.1. The minimum absolute atomic E-state index is 0.